The molecule has 0 spiro atoms. The number of aromatic nitrogens is 3. The number of nitrogens with zero attached hydrogens (tertiary/aromatic N) is 6. The van der Waals surface area contributed by atoms with Gasteiger partial charge in [-0.15, -0.1) is 34.0 Å². The first kappa shape index (κ1) is 60.5. The number of nitrogens with one attached hydrogen (secondary N) is 6. The predicted molar refractivity (Wildman–Crippen MR) is 286 cm³/mol. The molecule has 9 rings (SSSR count). The molecule has 3 fully saturated rings. The van der Waals surface area contributed by atoms with E-state index >= 15 is 0 Å². The summed E-state index contributed by atoms with van der Waals surface area (Å²) in [5, 5.41) is 14.3. The number of halogens is 6. The maximum atomic E-state index is 13.2. The van der Waals surface area contributed by atoms with E-state index in [9.17, 15) is 52.8 Å². The fourth-order valence-corrected chi connectivity index (χ4v) is 14.1. The van der Waals surface area contributed by atoms with Crippen LogP contribution in [0.2, 0.25) is 15.1 Å². The third-order valence-electron chi connectivity index (χ3n) is 11.4. The summed E-state index contributed by atoms with van der Waals surface area (Å²) in [6, 6.07) is 6.65. The van der Waals surface area contributed by atoms with Gasteiger partial charge in [0.05, 0.1) is 33.2 Å². The van der Waals surface area contributed by atoms with Gasteiger partial charge in [-0.2, -0.15) is 52.3 Å². The monoisotopic (exact) mass is 1230 g/mol. The van der Waals surface area contributed by atoms with E-state index in [0.29, 0.717) is 15.0 Å². The summed E-state index contributed by atoms with van der Waals surface area (Å²) < 4.78 is 124. The molecule has 33 heteroatoms. The van der Waals surface area contributed by atoms with Crippen molar-refractivity contribution >= 4 is 134 Å². The van der Waals surface area contributed by atoms with Crippen molar-refractivity contribution in [1.29, 1.82) is 0 Å². The number of likely N-dealkylation sites (N-methyl/N-ethyl adjacent to an activating group) is 3. The molecule has 3 aliphatic rings. The summed E-state index contributed by atoms with van der Waals surface area (Å²) in [5.41, 5.74) is 0.851. The lowest BCUT2D eigenvalue weighted by molar-refractivity contribution is -0.120. The van der Waals surface area contributed by atoms with Gasteiger partial charge in [-0.05, 0) is 73.9 Å². The topological polar surface area (TPSA) is 274 Å². The maximum absolute atomic E-state index is 13.2. The molecule has 21 nitrogen and oxygen atoms in total. The van der Waals surface area contributed by atoms with Crippen molar-refractivity contribution in [2.24, 2.45) is 0 Å². The van der Waals surface area contributed by atoms with Crippen LogP contribution in [-0.2, 0) is 45.0 Å². The number of rotatable bonds is 9. The van der Waals surface area contributed by atoms with Crippen LogP contribution in [0.1, 0.15) is 59.8 Å². The summed E-state index contributed by atoms with van der Waals surface area (Å²) in [5.74, 6) is -3.41. The standard InChI is InChI=1S/3C14H14ClFN4O3S2.CH4/c3*1-20-12(13(21)18-8-2-3-10(16)9(15)6-8)7-11(19-25(20,22)23)14-17-4-5-24-14;/h3*2-6,11-12,19H,7H2,1H3,(H,18,21);1H4/t2*11-,12+;;/m10../s1. The minimum absolute atomic E-state index is 0. The lowest BCUT2D eigenvalue weighted by atomic mass is 10.1. The molecule has 76 heavy (non-hydrogen) atoms. The Morgan fingerprint density at radius 3 is 0.974 bits per heavy atom. The van der Waals surface area contributed by atoms with Crippen molar-refractivity contribution < 1.29 is 52.8 Å². The highest BCUT2D eigenvalue weighted by Crippen LogP contribution is 2.33. The average Bonchev–Trinajstić information content (AvgIpc) is 4.20. The van der Waals surface area contributed by atoms with E-state index in [1.54, 1.807) is 34.7 Å². The van der Waals surface area contributed by atoms with Crippen LogP contribution in [-0.4, -0.2) is 110 Å². The normalized spacial score (nSPS) is 23.0. The molecule has 3 aliphatic heterocycles. The quantitative estimate of drug-likeness (QED) is 0.0846. The lowest BCUT2D eigenvalue weighted by Crippen LogP contribution is -2.55. The van der Waals surface area contributed by atoms with Crippen LogP contribution >= 0.6 is 68.8 Å². The van der Waals surface area contributed by atoms with Crippen LogP contribution in [0.15, 0.2) is 89.3 Å². The minimum atomic E-state index is -3.83. The second-order valence-electron chi connectivity index (χ2n) is 16.3. The number of amides is 3. The first-order chi connectivity index (χ1) is 35.3. The van der Waals surface area contributed by atoms with E-state index in [0.717, 1.165) is 31.1 Å². The predicted octanol–water partition coefficient (Wildman–Crippen LogP) is 7.10. The van der Waals surface area contributed by atoms with Gasteiger partial charge in [-0.25, -0.2) is 28.1 Å². The van der Waals surface area contributed by atoms with Gasteiger partial charge in [-0.3, -0.25) is 14.4 Å². The molecule has 0 aliphatic carbocycles. The number of thiazole rings is 3. The summed E-state index contributed by atoms with van der Waals surface area (Å²) in [6.45, 7) is 0. The number of hydrogen-bond donors (Lipinski definition) is 6. The Labute approximate surface area is 462 Å². The molecule has 410 valence electrons. The molecule has 6 heterocycles. The Balaban J connectivity index is 0.000000184. The van der Waals surface area contributed by atoms with Crippen LogP contribution in [0.4, 0.5) is 30.2 Å². The van der Waals surface area contributed by atoms with E-state index in [1.165, 1.54) is 91.6 Å². The number of benzene rings is 3. The molecule has 0 radical (unpaired) electrons. The smallest absolute Gasteiger partial charge is 0.280 e. The van der Waals surface area contributed by atoms with Crippen LogP contribution < -0.4 is 30.1 Å². The van der Waals surface area contributed by atoms with Gasteiger partial charge in [0.1, 0.15) is 50.6 Å². The van der Waals surface area contributed by atoms with Crippen LogP contribution in [0, 0.1) is 17.5 Å². The number of carbonyl (C=O) groups excluding carboxylic acids is 3. The zero-order chi connectivity index (χ0) is 54.6. The molecule has 6 N–H and O–H groups in total. The number of anilines is 3. The molecule has 6 atom stereocenters. The maximum Gasteiger partial charge on any atom is 0.280 e. The Morgan fingerprint density at radius 1 is 0.513 bits per heavy atom. The molecule has 6 aromatic rings. The summed E-state index contributed by atoms with van der Waals surface area (Å²) in [6.07, 6.45) is 5.35. The Morgan fingerprint density at radius 2 is 0.763 bits per heavy atom. The van der Waals surface area contributed by atoms with Gasteiger partial charge < -0.3 is 16.0 Å². The van der Waals surface area contributed by atoms with Gasteiger partial charge in [0, 0.05) is 72.9 Å². The number of hydrogen-bond acceptors (Lipinski definition) is 15. The molecule has 2 unspecified atom stereocenters. The van der Waals surface area contributed by atoms with Gasteiger partial charge in [-0.1, -0.05) is 42.2 Å². The van der Waals surface area contributed by atoms with Crippen molar-refractivity contribution in [1.82, 2.24) is 42.0 Å². The highest BCUT2D eigenvalue weighted by molar-refractivity contribution is 7.87. The van der Waals surface area contributed by atoms with Crippen molar-refractivity contribution in [3.05, 3.63) is 137 Å². The molecule has 3 aromatic heterocycles. The van der Waals surface area contributed by atoms with E-state index in [4.69, 9.17) is 34.8 Å². The largest absolute Gasteiger partial charge is 0.325 e. The zero-order valence-corrected chi connectivity index (χ0v) is 46.0. The first-order valence-electron chi connectivity index (χ1n) is 21.5. The van der Waals surface area contributed by atoms with E-state index in [-0.39, 0.29) is 58.8 Å². The van der Waals surface area contributed by atoms with Crippen molar-refractivity contribution in [3.63, 3.8) is 0 Å². The average molecular weight is 1230 g/mol. The van der Waals surface area contributed by atoms with Crippen LogP contribution in [0.25, 0.3) is 0 Å². The third kappa shape index (κ3) is 14.7. The first-order valence-corrected chi connectivity index (χ1v) is 29.6. The van der Waals surface area contributed by atoms with Crippen molar-refractivity contribution in [3.8, 4) is 0 Å². The van der Waals surface area contributed by atoms with E-state index in [1.807, 2.05) is 0 Å². The van der Waals surface area contributed by atoms with Crippen LogP contribution in [0.3, 0.4) is 0 Å². The fourth-order valence-electron chi connectivity index (χ4n) is 7.44. The molecule has 3 amide bonds. The molecule has 3 aromatic carbocycles. The second kappa shape index (κ2) is 25.4. The summed E-state index contributed by atoms with van der Waals surface area (Å²) in [7, 11) is -7.54. The Hall–Kier alpha value is -4.77. The summed E-state index contributed by atoms with van der Waals surface area (Å²) in [4.78, 5) is 50.1. The summed E-state index contributed by atoms with van der Waals surface area (Å²) >= 11 is 21.0. The SMILES string of the molecule is C.CN1C(C(=O)Nc2ccc(F)c(Cl)c2)CC(c2nccs2)NS1(=O)=O.CN1[C@@H](C(=O)Nc2ccc(F)c(Cl)c2)C[C@@H](c2nccs2)NS1(=O)=O.CN1[C@H](C(=O)Nc2ccc(F)c(Cl)c2)C[C@H](c2nccs2)NS1(=O)=O. The van der Waals surface area contributed by atoms with Gasteiger partial charge in [0.15, 0.2) is 0 Å². The molecule has 0 bridgehead atoms. The second-order valence-corrected chi connectivity index (χ2v) is 25.6. The van der Waals surface area contributed by atoms with E-state index in [2.05, 4.69) is 45.1 Å². The highest BCUT2D eigenvalue weighted by atomic mass is 35.5. The van der Waals surface area contributed by atoms with Crippen molar-refractivity contribution in [2.75, 3.05) is 37.1 Å². The van der Waals surface area contributed by atoms with E-state index < -0.39 is 102 Å². The van der Waals surface area contributed by atoms with Gasteiger partial charge in [0.2, 0.25) is 17.7 Å². The van der Waals surface area contributed by atoms with Crippen molar-refractivity contribution in [2.45, 2.75) is 62.9 Å². The van der Waals surface area contributed by atoms with Gasteiger partial charge >= 0.3 is 0 Å². The third-order valence-corrected chi connectivity index (χ3v) is 19.7. The minimum Gasteiger partial charge on any atom is -0.325 e. The molecular formula is C43H46Cl3F3N12O9S6. The highest BCUT2D eigenvalue weighted by Gasteiger charge is 2.44. The fraction of sp³-hybridized carbons (Fsp3) is 0.302. The number of carbonyl (C=O) groups is 3. The zero-order valence-electron chi connectivity index (χ0n) is 38.8. The molecule has 3 saturated heterocycles. The molecular weight excluding hydrogens is 1180 g/mol. The van der Waals surface area contributed by atoms with Gasteiger partial charge in [0.25, 0.3) is 30.6 Å². The Bertz CT molecular complexity index is 3030. The van der Waals surface area contributed by atoms with Crippen LogP contribution in [0.5, 0.6) is 0 Å². The molecule has 0 saturated carbocycles. The lowest BCUT2D eigenvalue weighted by Gasteiger charge is -2.35. The Kier molecular flexibility index (Phi) is 20.2.